The van der Waals surface area contributed by atoms with Crippen molar-refractivity contribution in [3.05, 3.63) is 97.1 Å². The number of rotatable bonds is 6. The van der Waals surface area contributed by atoms with Crippen LogP contribution >= 0.6 is 11.9 Å². The maximum absolute atomic E-state index is 14.0. The molecule has 168 valence electrons. The number of benzene rings is 2. The molecule has 0 aliphatic heterocycles. The van der Waals surface area contributed by atoms with Crippen LogP contribution in [0.4, 0.5) is 14.5 Å². The van der Waals surface area contributed by atoms with Crippen molar-refractivity contribution in [1.82, 2.24) is 15.0 Å². The number of nitrogens with one attached hydrogen (secondary N) is 1. The minimum absolute atomic E-state index is 0.257. The number of halogens is 2. The number of hydrogen-bond donors (Lipinski definition) is 1. The van der Waals surface area contributed by atoms with E-state index in [9.17, 15) is 8.78 Å². The molecule has 0 bridgehead atoms. The van der Waals surface area contributed by atoms with E-state index >= 15 is 0 Å². The summed E-state index contributed by atoms with van der Waals surface area (Å²) in [5.41, 5.74) is 5.32. The van der Waals surface area contributed by atoms with Gasteiger partial charge < -0.3 is 9.46 Å². The van der Waals surface area contributed by atoms with Crippen molar-refractivity contribution in [2.45, 2.75) is 4.90 Å². The second-order valence-corrected chi connectivity index (χ2v) is 8.23. The number of nitrogens with zero attached hydrogens (tertiary/aromatic N) is 3. The third kappa shape index (κ3) is 4.40. The summed E-state index contributed by atoms with van der Waals surface area (Å²) in [6.07, 6.45) is 7.04. The molecule has 0 saturated heterocycles. The molecule has 0 radical (unpaired) electrons. The Morgan fingerprint density at radius 2 is 1.68 bits per heavy atom. The molecule has 34 heavy (non-hydrogen) atoms. The highest BCUT2D eigenvalue weighted by molar-refractivity contribution is 8.00. The quantitative estimate of drug-likeness (QED) is 0.275. The topological polar surface area (TPSA) is 59.9 Å². The summed E-state index contributed by atoms with van der Waals surface area (Å²) in [6.45, 7) is 0. The highest BCUT2D eigenvalue weighted by atomic mass is 32.2. The minimum Gasteiger partial charge on any atom is -0.480 e. The third-order valence-corrected chi connectivity index (χ3v) is 6.15. The fourth-order valence-electron chi connectivity index (χ4n) is 3.62. The van der Waals surface area contributed by atoms with Crippen molar-refractivity contribution in [3.8, 4) is 28.1 Å². The van der Waals surface area contributed by atoms with Crippen LogP contribution in [0.1, 0.15) is 0 Å². The Kier molecular flexibility index (Phi) is 6.05. The average Bonchev–Trinajstić information content (AvgIpc) is 2.88. The zero-order valence-corrected chi connectivity index (χ0v) is 18.8. The van der Waals surface area contributed by atoms with E-state index in [0.717, 1.165) is 51.2 Å². The number of ether oxygens (including phenoxy) is 1. The van der Waals surface area contributed by atoms with Gasteiger partial charge in [-0.05, 0) is 77.2 Å². The summed E-state index contributed by atoms with van der Waals surface area (Å²) >= 11 is 1.02. The second-order valence-electron chi connectivity index (χ2n) is 7.39. The van der Waals surface area contributed by atoms with Gasteiger partial charge in [-0.15, -0.1) is 0 Å². The highest BCUT2D eigenvalue weighted by Gasteiger charge is 2.12. The highest BCUT2D eigenvalue weighted by Crippen LogP contribution is 2.35. The van der Waals surface area contributed by atoms with Crippen LogP contribution in [0.2, 0.25) is 0 Å². The molecule has 0 aliphatic carbocycles. The van der Waals surface area contributed by atoms with Gasteiger partial charge in [0.1, 0.15) is 17.3 Å². The standard InChI is InChI=1S/C26H18F2N4OS/c1-33-26-24(32-34-25-5-3-19(27)14-22(25)28)13-18(15-31-26)17-2-4-23-21(12-17)20(8-11-30-23)16-6-9-29-10-7-16/h2-15,32H,1H3. The Bertz CT molecular complexity index is 1480. The SMILES string of the molecule is COc1ncc(-c2ccc3nccc(-c4ccncc4)c3c2)cc1NSc1ccc(F)cc1F. The van der Waals surface area contributed by atoms with Gasteiger partial charge in [0.2, 0.25) is 5.88 Å². The van der Waals surface area contributed by atoms with Gasteiger partial charge in [0.05, 0.1) is 17.5 Å². The maximum atomic E-state index is 14.0. The van der Waals surface area contributed by atoms with Crippen LogP contribution in [0.5, 0.6) is 5.88 Å². The minimum atomic E-state index is -0.647. The Labute approximate surface area is 199 Å². The van der Waals surface area contributed by atoms with Crippen LogP contribution in [-0.4, -0.2) is 22.1 Å². The number of hydrogen-bond acceptors (Lipinski definition) is 6. The van der Waals surface area contributed by atoms with Crippen LogP contribution in [0.25, 0.3) is 33.2 Å². The lowest BCUT2D eigenvalue weighted by Gasteiger charge is -2.13. The van der Waals surface area contributed by atoms with Gasteiger partial charge in [0.15, 0.2) is 0 Å². The van der Waals surface area contributed by atoms with E-state index in [1.807, 2.05) is 36.4 Å². The first-order valence-electron chi connectivity index (χ1n) is 10.3. The van der Waals surface area contributed by atoms with E-state index in [1.165, 1.54) is 19.2 Å². The van der Waals surface area contributed by atoms with E-state index in [4.69, 9.17) is 4.74 Å². The lowest BCUT2D eigenvalue weighted by Crippen LogP contribution is -1.97. The van der Waals surface area contributed by atoms with Gasteiger partial charge in [0.25, 0.3) is 0 Å². The number of pyridine rings is 3. The average molecular weight is 473 g/mol. The van der Waals surface area contributed by atoms with E-state index in [0.29, 0.717) is 11.6 Å². The molecule has 0 aliphatic rings. The first kappa shape index (κ1) is 21.8. The second kappa shape index (κ2) is 9.44. The van der Waals surface area contributed by atoms with Crippen molar-refractivity contribution in [3.63, 3.8) is 0 Å². The molecule has 5 rings (SSSR count). The number of anilines is 1. The van der Waals surface area contributed by atoms with Crippen molar-refractivity contribution in [2.75, 3.05) is 11.8 Å². The van der Waals surface area contributed by atoms with Crippen LogP contribution in [0.15, 0.2) is 90.3 Å². The van der Waals surface area contributed by atoms with Gasteiger partial charge in [-0.2, -0.15) is 0 Å². The normalized spacial score (nSPS) is 10.9. The molecule has 5 aromatic rings. The van der Waals surface area contributed by atoms with Gasteiger partial charge in [-0.3, -0.25) is 9.97 Å². The smallest absolute Gasteiger partial charge is 0.237 e. The summed E-state index contributed by atoms with van der Waals surface area (Å²) in [7, 11) is 1.51. The molecule has 1 N–H and O–H groups in total. The summed E-state index contributed by atoms with van der Waals surface area (Å²) < 4.78 is 35.7. The van der Waals surface area contributed by atoms with Crippen LogP contribution in [0.3, 0.4) is 0 Å². The Hall–Kier alpha value is -4.04. The third-order valence-electron chi connectivity index (χ3n) is 5.28. The predicted octanol–water partition coefficient (Wildman–Crippen LogP) is 6.76. The molecule has 3 heterocycles. The van der Waals surface area contributed by atoms with Gasteiger partial charge in [0, 0.05) is 41.8 Å². The molecular formula is C26H18F2N4OS. The summed E-state index contributed by atoms with van der Waals surface area (Å²) in [6, 6.07) is 17.2. The fraction of sp³-hybridized carbons (Fsp3) is 0.0385. The molecule has 0 spiro atoms. The zero-order chi connectivity index (χ0) is 23.5. The Morgan fingerprint density at radius 3 is 2.47 bits per heavy atom. The molecule has 0 unspecified atom stereocenters. The fourth-order valence-corrected chi connectivity index (χ4v) is 4.28. The Balaban J connectivity index is 1.51. The summed E-state index contributed by atoms with van der Waals surface area (Å²) in [4.78, 5) is 13.3. The molecule has 0 amide bonds. The molecular weight excluding hydrogens is 454 g/mol. The molecule has 3 aromatic heterocycles. The zero-order valence-electron chi connectivity index (χ0n) is 18.0. The number of fused-ring (bicyclic) bond motifs is 1. The molecule has 0 atom stereocenters. The maximum Gasteiger partial charge on any atom is 0.237 e. The first-order valence-corrected chi connectivity index (χ1v) is 11.2. The number of aromatic nitrogens is 3. The lowest BCUT2D eigenvalue weighted by atomic mass is 9.98. The molecule has 8 heteroatoms. The van der Waals surface area contributed by atoms with Crippen molar-refractivity contribution in [1.29, 1.82) is 0 Å². The van der Waals surface area contributed by atoms with Crippen LogP contribution < -0.4 is 9.46 Å². The van der Waals surface area contributed by atoms with Crippen molar-refractivity contribution < 1.29 is 13.5 Å². The van der Waals surface area contributed by atoms with E-state index in [1.54, 1.807) is 24.8 Å². The van der Waals surface area contributed by atoms with Crippen LogP contribution in [-0.2, 0) is 0 Å². The van der Waals surface area contributed by atoms with Crippen molar-refractivity contribution >= 4 is 28.5 Å². The first-order chi connectivity index (χ1) is 16.6. The van der Waals surface area contributed by atoms with E-state index in [-0.39, 0.29) is 4.90 Å². The monoisotopic (exact) mass is 472 g/mol. The van der Waals surface area contributed by atoms with Crippen molar-refractivity contribution in [2.24, 2.45) is 0 Å². The Morgan fingerprint density at radius 1 is 0.824 bits per heavy atom. The van der Waals surface area contributed by atoms with Gasteiger partial charge in [-0.1, -0.05) is 6.07 Å². The van der Waals surface area contributed by atoms with Crippen LogP contribution in [0, 0.1) is 11.6 Å². The van der Waals surface area contributed by atoms with E-state index in [2.05, 4.69) is 25.7 Å². The molecule has 0 saturated carbocycles. The molecule has 5 nitrogen and oxygen atoms in total. The van der Waals surface area contributed by atoms with Gasteiger partial charge in [-0.25, -0.2) is 13.8 Å². The molecule has 2 aromatic carbocycles. The number of methoxy groups -OCH3 is 1. The predicted molar refractivity (Wildman–Crippen MR) is 131 cm³/mol. The van der Waals surface area contributed by atoms with E-state index < -0.39 is 11.6 Å². The summed E-state index contributed by atoms with van der Waals surface area (Å²) in [5, 5.41) is 0.999. The largest absolute Gasteiger partial charge is 0.480 e. The lowest BCUT2D eigenvalue weighted by molar-refractivity contribution is 0.400. The summed E-state index contributed by atoms with van der Waals surface area (Å²) in [5.74, 6) is -0.912. The van der Waals surface area contributed by atoms with Gasteiger partial charge >= 0.3 is 0 Å². The molecule has 0 fully saturated rings.